The van der Waals surface area contributed by atoms with Gasteiger partial charge in [-0.1, -0.05) is 12.1 Å². The monoisotopic (exact) mass is 334 g/mol. The van der Waals surface area contributed by atoms with Crippen LogP contribution in [0.3, 0.4) is 0 Å². The minimum atomic E-state index is -0.517. The van der Waals surface area contributed by atoms with Gasteiger partial charge in [0.1, 0.15) is 18.7 Å². The highest BCUT2D eigenvalue weighted by atomic mass is 16.6. The number of non-ortho nitro benzene ring substituents is 1. The fourth-order valence-electron chi connectivity index (χ4n) is 2.44. The van der Waals surface area contributed by atoms with E-state index in [9.17, 15) is 15.4 Å². The SMILES string of the molecule is CC(Nc1ccc([N+](=O)[O-])cc1C#N)c1ccc(-n2cncn2)cc1. The molecule has 0 aliphatic heterocycles. The standard InChI is InChI=1S/C17H14N6O2/c1-12(13-2-4-15(5-3-13)22-11-19-10-20-22)21-17-7-6-16(23(24)25)8-14(17)9-18/h2-8,10-12,21H,1H3. The average Bonchev–Trinajstić information content (AvgIpc) is 3.16. The molecule has 8 heteroatoms. The quantitative estimate of drug-likeness (QED) is 0.566. The highest BCUT2D eigenvalue weighted by Crippen LogP contribution is 2.26. The first-order chi connectivity index (χ1) is 12.1. The largest absolute Gasteiger partial charge is 0.377 e. The molecule has 1 unspecified atom stereocenters. The first-order valence-corrected chi connectivity index (χ1v) is 7.48. The Hall–Kier alpha value is -3.73. The predicted molar refractivity (Wildman–Crippen MR) is 91.2 cm³/mol. The van der Waals surface area contributed by atoms with Crippen molar-refractivity contribution in [3.8, 4) is 11.8 Å². The molecule has 1 heterocycles. The minimum Gasteiger partial charge on any atom is -0.377 e. The second-order valence-electron chi connectivity index (χ2n) is 5.40. The van der Waals surface area contributed by atoms with Crippen LogP contribution in [0, 0.1) is 21.4 Å². The van der Waals surface area contributed by atoms with Gasteiger partial charge in [-0.3, -0.25) is 10.1 Å². The molecule has 0 radical (unpaired) electrons. The van der Waals surface area contributed by atoms with E-state index in [-0.39, 0.29) is 17.3 Å². The van der Waals surface area contributed by atoms with E-state index in [1.807, 2.05) is 37.3 Å². The van der Waals surface area contributed by atoms with E-state index < -0.39 is 4.92 Å². The van der Waals surface area contributed by atoms with Crippen LogP contribution < -0.4 is 5.32 Å². The number of nitriles is 1. The highest BCUT2D eigenvalue weighted by molar-refractivity contribution is 5.62. The Labute approximate surface area is 143 Å². The molecule has 0 spiro atoms. The molecule has 0 bridgehead atoms. The van der Waals surface area contributed by atoms with E-state index in [1.165, 1.54) is 18.5 Å². The zero-order chi connectivity index (χ0) is 17.8. The van der Waals surface area contributed by atoms with Crippen LogP contribution in [0.2, 0.25) is 0 Å². The molecular formula is C17H14N6O2. The predicted octanol–water partition coefficient (Wildman–Crippen LogP) is 3.22. The van der Waals surface area contributed by atoms with Gasteiger partial charge in [-0.2, -0.15) is 10.4 Å². The summed E-state index contributed by atoms with van der Waals surface area (Å²) in [6.07, 6.45) is 3.09. The number of nitro benzene ring substituents is 1. The van der Waals surface area contributed by atoms with E-state index >= 15 is 0 Å². The lowest BCUT2D eigenvalue weighted by Crippen LogP contribution is -2.08. The van der Waals surface area contributed by atoms with E-state index in [0.29, 0.717) is 5.69 Å². The molecule has 1 atom stereocenters. The molecule has 0 aliphatic carbocycles. The number of anilines is 1. The third-order valence-corrected chi connectivity index (χ3v) is 3.78. The zero-order valence-corrected chi connectivity index (χ0v) is 13.3. The first-order valence-electron chi connectivity index (χ1n) is 7.48. The van der Waals surface area contributed by atoms with Crippen LogP contribution in [0.5, 0.6) is 0 Å². The zero-order valence-electron chi connectivity index (χ0n) is 13.3. The Morgan fingerprint density at radius 2 is 2.04 bits per heavy atom. The van der Waals surface area contributed by atoms with Crippen molar-refractivity contribution < 1.29 is 4.92 Å². The fraction of sp³-hybridized carbons (Fsp3) is 0.118. The Bertz CT molecular complexity index is 929. The van der Waals surface area contributed by atoms with Crippen LogP contribution in [0.4, 0.5) is 11.4 Å². The third kappa shape index (κ3) is 3.45. The van der Waals surface area contributed by atoms with Crippen LogP contribution in [0.15, 0.2) is 55.1 Å². The maximum absolute atomic E-state index is 10.8. The number of benzene rings is 2. The first kappa shape index (κ1) is 16.1. The summed E-state index contributed by atoms with van der Waals surface area (Å²) in [5.41, 5.74) is 2.58. The minimum absolute atomic E-state index is 0.0849. The van der Waals surface area contributed by atoms with E-state index in [0.717, 1.165) is 11.3 Å². The summed E-state index contributed by atoms with van der Waals surface area (Å²) in [4.78, 5) is 14.2. The molecule has 2 aromatic carbocycles. The molecule has 25 heavy (non-hydrogen) atoms. The van der Waals surface area contributed by atoms with E-state index in [2.05, 4.69) is 15.4 Å². The normalized spacial score (nSPS) is 11.5. The van der Waals surface area contributed by atoms with E-state index in [1.54, 1.807) is 17.1 Å². The van der Waals surface area contributed by atoms with Crippen molar-refractivity contribution in [2.45, 2.75) is 13.0 Å². The number of aromatic nitrogens is 3. The smallest absolute Gasteiger partial charge is 0.270 e. The van der Waals surface area contributed by atoms with Crippen molar-refractivity contribution in [2.24, 2.45) is 0 Å². The molecule has 3 rings (SSSR count). The number of nitrogens with one attached hydrogen (secondary N) is 1. The van der Waals surface area contributed by atoms with Crippen molar-refractivity contribution in [1.29, 1.82) is 5.26 Å². The van der Waals surface area contributed by atoms with Crippen molar-refractivity contribution in [3.63, 3.8) is 0 Å². The van der Waals surface area contributed by atoms with Crippen LogP contribution >= 0.6 is 0 Å². The summed E-state index contributed by atoms with van der Waals surface area (Å²) in [6, 6.07) is 13.8. The Morgan fingerprint density at radius 3 is 2.64 bits per heavy atom. The summed E-state index contributed by atoms with van der Waals surface area (Å²) in [7, 11) is 0. The maximum atomic E-state index is 10.8. The topological polar surface area (TPSA) is 110 Å². The lowest BCUT2D eigenvalue weighted by molar-refractivity contribution is -0.384. The van der Waals surface area contributed by atoms with Gasteiger partial charge in [0, 0.05) is 18.2 Å². The summed E-state index contributed by atoms with van der Waals surface area (Å²) in [5.74, 6) is 0. The van der Waals surface area contributed by atoms with Crippen LogP contribution in [0.1, 0.15) is 24.1 Å². The van der Waals surface area contributed by atoms with Gasteiger partial charge in [0.25, 0.3) is 5.69 Å². The summed E-state index contributed by atoms with van der Waals surface area (Å²) < 4.78 is 1.66. The van der Waals surface area contributed by atoms with Gasteiger partial charge in [0.15, 0.2) is 0 Å². The molecule has 0 amide bonds. The van der Waals surface area contributed by atoms with Gasteiger partial charge < -0.3 is 5.32 Å². The number of hydrogen-bond donors (Lipinski definition) is 1. The number of nitrogens with zero attached hydrogens (tertiary/aromatic N) is 5. The van der Waals surface area contributed by atoms with Gasteiger partial charge in [-0.15, -0.1) is 0 Å². The lowest BCUT2D eigenvalue weighted by Gasteiger charge is -2.17. The molecule has 0 saturated heterocycles. The second-order valence-corrected chi connectivity index (χ2v) is 5.40. The van der Waals surface area contributed by atoms with Gasteiger partial charge in [-0.25, -0.2) is 9.67 Å². The van der Waals surface area contributed by atoms with Crippen molar-refractivity contribution in [3.05, 3.63) is 76.4 Å². The molecule has 8 nitrogen and oxygen atoms in total. The van der Waals surface area contributed by atoms with Crippen molar-refractivity contribution >= 4 is 11.4 Å². The van der Waals surface area contributed by atoms with Gasteiger partial charge >= 0.3 is 0 Å². The lowest BCUT2D eigenvalue weighted by atomic mass is 10.1. The van der Waals surface area contributed by atoms with Crippen LogP contribution in [-0.4, -0.2) is 19.7 Å². The van der Waals surface area contributed by atoms with Crippen LogP contribution in [0.25, 0.3) is 5.69 Å². The summed E-state index contributed by atoms with van der Waals surface area (Å²) in [6.45, 7) is 1.95. The molecule has 1 aromatic heterocycles. The number of hydrogen-bond acceptors (Lipinski definition) is 6. The molecular weight excluding hydrogens is 320 g/mol. The molecule has 1 N–H and O–H groups in total. The Morgan fingerprint density at radius 1 is 1.28 bits per heavy atom. The highest BCUT2D eigenvalue weighted by Gasteiger charge is 2.13. The average molecular weight is 334 g/mol. The summed E-state index contributed by atoms with van der Waals surface area (Å²) in [5, 5.41) is 27.3. The molecule has 0 saturated carbocycles. The van der Waals surface area contributed by atoms with Gasteiger partial charge in [-0.05, 0) is 30.7 Å². The third-order valence-electron chi connectivity index (χ3n) is 3.78. The summed E-state index contributed by atoms with van der Waals surface area (Å²) >= 11 is 0. The van der Waals surface area contributed by atoms with Gasteiger partial charge in [0.05, 0.1) is 21.9 Å². The van der Waals surface area contributed by atoms with Crippen molar-refractivity contribution in [1.82, 2.24) is 14.8 Å². The van der Waals surface area contributed by atoms with Crippen LogP contribution in [-0.2, 0) is 0 Å². The molecule has 3 aromatic rings. The fourth-order valence-corrected chi connectivity index (χ4v) is 2.44. The number of nitro groups is 1. The Balaban J connectivity index is 1.79. The Kier molecular flexibility index (Phi) is 4.39. The second kappa shape index (κ2) is 6.80. The number of rotatable bonds is 5. The maximum Gasteiger partial charge on any atom is 0.270 e. The van der Waals surface area contributed by atoms with Gasteiger partial charge in [0.2, 0.25) is 0 Å². The van der Waals surface area contributed by atoms with E-state index in [4.69, 9.17) is 0 Å². The molecule has 124 valence electrons. The molecule has 0 fully saturated rings. The van der Waals surface area contributed by atoms with Crippen molar-refractivity contribution in [2.75, 3.05) is 5.32 Å². The molecule has 0 aliphatic rings.